The quantitative estimate of drug-likeness (QED) is 0.467. The lowest BCUT2D eigenvalue weighted by molar-refractivity contribution is 0.0921. The highest BCUT2D eigenvalue weighted by atomic mass is 16.5. The molecule has 3 aromatic rings. The Morgan fingerprint density at radius 1 is 0.882 bits per heavy atom. The molecule has 1 aliphatic heterocycles. The van der Waals surface area contributed by atoms with E-state index in [4.69, 9.17) is 14.2 Å². The van der Waals surface area contributed by atoms with Crippen LogP contribution in [0.5, 0.6) is 17.2 Å². The standard InChI is InChI=1S/C26H28N2O5.CH4/c1-27-14-20(11-22(27)26(30)17-5-7-21(31-2)8-6-17)23(29)16-28-10-9-18-12-24(32-3)25(33-4)13-19(18)15-28;/h5-8,11-14H,9-10,15-16H2,1-4H3;1H4. The van der Waals surface area contributed by atoms with Gasteiger partial charge in [-0.1, -0.05) is 7.43 Å². The van der Waals surface area contributed by atoms with Crippen molar-refractivity contribution in [1.29, 1.82) is 0 Å². The number of hydrogen-bond donors (Lipinski definition) is 0. The maximum atomic E-state index is 13.0. The van der Waals surface area contributed by atoms with Gasteiger partial charge < -0.3 is 18.8 Å². The summed E-state index contributed by atoms with van der Waals surface area (Å²) in [6.45, 7) is 1.72. The molecule has 4 rings (SSSR count). The third kappa shape index (κ3) is 4.99. The Labute approximate surface area is 200 Å². The van der Waals surface area contributed by atoms with Crippen LogP contribution in [0.3, 0.4) is 0 Å². The van der Waals surface area contributed by atoms with E-state index >= 15 is 0 Å². The predicted octanol–water partition coefficient (Wildman–Crippen LogP) is 4.16. The number of carbonyl (C=O) groups excluding carboxylic acids is 2. The molecule has 2 aromatic carbocycles. The topological polar surface area (TPSA) is 70.0 Å². The Hall–Kier alpha value is -3.58. The van der Waals surface area contributed by atoms with E-state index in [0.29, 0.717) is 34.9 Å². The summed E-state index contributed by atoms with van der Waals surface area (Å²) in [6, 6.07) is 12.6. The highest BCUT2D eigenvalue weighted by molar-refractivity contribution is 6.10. The molecule has 0 aliphatic carbocycles. The van der Waals surface area contributed by atoms with Crippen LogP contribution in [0.4, 0.5) is 0 Å². The molecule has 0 radical (unpaired) electrons. The second kappa shape index (κ2) is 10.6. The van der Waals surface area contributed by atoms with Crippen LogP contribution in [0.2, 0.25) is 0 Å². The first-order valence-corrected chi connectivity index (χ1v) is 10.8. The summed E-state index contributed by atoms with van der Waals surface area (Å²) in [5, 5.41) is 0. The Morgan fingerprint density at radius 3 is 2.15 bits per heavy atom. The molecule has 34 heavy (non-hydrogen) atoms. The van der Waals surface area contributed by atoms with Crippen molar-refractivity contribution in [1.82, 2.24) is 9.47 Å². The van der Waals surface area contributed by atoms with E-state index < -0.39 is 0 Å². The van der Waals surface area contributed by atoms with Gasteiger partial charge in [0.25, 0.3) is 0 Å². The van der Waals surface area contributed by atoms with Crippen molar-refractivity contribution in [2.45, 2.75) is 20.4 Å². The summed E-state index contributed by atoms with van der Waals surface area (Å²) in [5.74, 6) is 1.96. The Balaban J connectivity index is 0.00000324. The molecule has 0 N–H and O–H groups in total. The summed E-state index contributed by atoms with van der Waals surface area (Å²) in [4.78, 5) is 28.1. The van der Waals surface area contributed by atoms with Gasteiger partial charge in [0, 0.05) is 37.5 Å². The summed E-state index contributed by atoms with van der Waals surface area (Å²) >= 11 is 0. The number of aryl methyl sites for hydroxylation is 1. The molecule has 7 heteroatoms. The van der Waals surface area contributed by atoms with Crippen molar-refractivity contribution in [2.24, 2.45) is 7.05 Å². The van der Waals surface area contributed by atoms with E-state index in [2.05, 4.69) is 4.90 Å². The fourth-order valence-electron chi connectivity index (χ4n) is 4.20. The number of ketones is 2. The molecule has 0 unspecified atom stereocenters. The van der Waals surface area contributed by atoms with Gasteiger partial charge in [0.1, 0.15) is 5.75 Å². The van der Waals surface area contributed by atoms with Crippen molar-refractivity contribution in [2.75, 3.05) is 34.4 Å². The van der Waals surface area contributed by atoms with E-state index in [1.54, 1.807) is 69.5 Å². The average Bonchev–Trinajstić information content (AvgIpc) is 3.24. The fourth-order valence-corrected chi connectivity index (χ4v) is 4.20. The molecular formula is C27H32N2O5. The molecule has 0 saturated carbocycles. The van der Waals surface area contributed by atoms with E-state index in [1.807, 2.05) is 12.1 Å². The molecule has 2 heterocycles. The SMILES string of the molecule is C.COc1ccc(C(=O)c2cc(C(=O)CN3CCc4cc(OC)c(OC)cc4C3)cn2C)cc1. The monoisotopic (exact) mass is 464 g/mol. The summed E-state index contributed by atoms with van der Waals surface area (Å²) in [7, 11) is 6.62. The molecule has 0 fully saturated rings. The van der Waals surface area contributed by atoms with Crippen LogP contribution in [-0.2, 0) is 20.0 Å². The van der Waals surface area contributed by atoms with Gasteiger partial charge in [-0.05, 0) is 60.0 Å². The lowest BCUT2D eigenvalue weighted by Gasteiger charge is -2.28. The first kappa shape index (κ1) is 25.1. The van der Waals surface area contributed by atoms with Crippen LogP contribution in [0, 0.1) is 0 Å². The normalized spacial score (nSPS) is 12.9. The zero-order chi connectivity index (χ0) is 23.5. The highest BCUT2D eigenvalue weighted by Gasteiger charge is 2.23. The molecule has 0 bridgehead atoms. The van der Waals surface area contributed by atoms with E-state index in [-0.39, 0.29) is 25.5 Å². The van der Waals surface area contributed by atoms with Gasteiger partial charge in [-0.25, -0.2) is 0 Å². The van der Waals surface area contributed by atoms with Gasteiger partial charge in [-0.2, -0.15) is 0 Å². The van der Waals surface area contributed by atoms with Crippen LogP contribution in [-0.4, -0.2) is 55.5 Å². The molecule has 7 nitrogen and oxygen atoms in total. The second-order valence-corrected chi connectivity index (χ2v) is 8.14. The van der Waals surface area contributed by atoms with Gasteiger partial charge in [0.05, 0.1) is 33.6 Å². The number of hydrogen-bond acceptors (Lipinski definition) is 6. The van der Waals surface area contributed by atoms with Crippen LogP contribution in [0.1, 0.15) is 45.0 Å². The lowest BCUT2D eigenvalue weighted by atomic mass is 9.98. The number of nitrogens with zero attached hydrogens (tertiary/aromatic N) is 2. The third-order valence-corrected chi connectivity index (χ3v) is 6.08. The first-order valence-electron chi connectivity index (χ1n) is 10.8. The molecule has 0 spiro atoms. The molecule has 1 aliphatic rings. The molecule has 180 valence electrons. The number of Topliss-reactive ketones (excluding diaryl/α,β-unsaturated/α-hetero) is 1. The minimum Gasteiger partial charge on any atom is -0.497 e. The van der Waals surface area contributed by atoms with Crippen molar-refractivity contribution >= 4 is 11.6 Å². The van der Waals surface area contributed by atoms with Crippen molar-refractivity contribution < 1.29 is 23.8 Å². The third-order valence-electron chi connectivity index (χ3n) is 6.08. The van der Waals surface area contributed by atoms with Crippen LogP contribution >= 0.6 is 0 Å². The van der Waals surface area contributed by atoms with Crippen molar-refractivity contribution in [3.63, 3.8) is 0 Å². The van der Waals surface area contributed by atoms with Gasteiger partial charge in [-0.3, -0.25) is 14.5 Å². The van der Waals surface area contributed by atoms with Crippen LogP contribution < -0.4 is 14.2 Å². The maximum absolute atomic E-state index is 13.0. The average molecular weight is 465 g/mol. The van der Waals surface area contributed by atoms with E-state index in [0.717, 1.165) is 24.3 Å². The smallest absolute Gasteiger partial charge is 0.209 e. The predicted molar refractivity (Wildman–Crippen MR) is 131 cm³/mol. The minimum absolute atomic E-state index is 0. The van der Waals surface area contributed by atoms with Crippen LogP contribution in [0.15, 0.2) is 48.7 Å². The number of aromatic nitrogens is 1. The number of carbonyl (C=O) groups is 2. The highest BCUT2D eigenvalue weighted by Crippen LogP contribution is 2.33. The number of benzene rings is 2. The number of ether oxygens (including phenoxy) is 3. The first-order chi connectivity index (χ1) is 15.9. The van der Waals surface area contributed by atoms with Gasteiger partial charge in [-0.15, -0.1) is 0 Å². The van der Waals surface area contributed by atoms with E-state index in [1.165, 1.54) is 5.56 Å². The molecule has 0 amide bonds. The minimum atomic E-state index is -0.132. The fraction of sp³-hybridized carbons (Fsp3) is 0.333. The number of rotatable bonds is 8. The van der Waals surface area contributed by atoms with Gasteiger partial charge >= 0.3 is 0 Å². The van der Waals surface area contributed by atoms with Crippen molar-refractivity contribution in [3.05, 3.63) is 76.6 Å². The van der Waals surface area contributed by atoms with Gasteiger partial charge in [0.15, 0.2) is 17.3 Å². The zero-order valence-electron chi connectivity index (χ0n) is 19.4. The zero-order valence-corrected chi connectivity index (χ0v) is 19.4. The Morgan fingerprint density at radius 2 is 1.53 bits per heavy atom. The van der Waals surface area contributed by atoms with Gasteiger partial charge in [0.2, 0.25) is 5.78 Å². The molecule has 0 saturated heterocycles. The maximum Gasteiger partial charge on any atom is 0.209 e. The Kier molecular flexibility index (Phi) is 7.79. The lowest BCUT2D eigenvalue weighted by Crippen LogP contribution is -2.34. The molecular weight excluding hydrogens is 432 g/mol. The molecule has 1 aromatic heterocycles. The summed E-state index contributed by atoms with van der Waals surface area (Å²) in [6.07, 6.45) is 2.56. The number of methoxy groups -OCH3 is 3. The van der Waals surface area contributed by atoms with E-state index in [9.17, 15) is 9.59 Å². The largest absolute Gasteiger partial charge is 0.497 e. The number of fused-ring (bicyclic) bond motifs is 1. The van der Waals surface area contributed by atoms with Crippen LogP contribution in [0.25, 0.3) is 0 Å². The molecule has 0 atom stereocenters. The summed E-state index contributed by atoms with van der Waals surface area (Å²) in [5.41, 5.74) is 3.91. The summed E-state index contributed by atoms with van der Waals surface area (Å²) < 4.78 is 17.7. The second-order valence-electron chi connectivity index (χ2n) is 8.14. The Bertz CT molecular complexity index is 1180. The van der Waals surface area contributed by atoms with Crippen molar-refractivity contribution in [3.8, 4) is 17.2 Å².